The Balaban J connectivity index is 2.01. The molecule has 0 aliphatic carbocycles. The molecule has 1 aromatic heterocycles. The largest absolute Gasteiger partial charge is 0.462 e. The monoisotopic (exact) mass is 422 g/mol. The maximum Gasteiger partial charge on any atom is 0.342 e. The molecule has 29 heavy (non-hydrogen) atoms. The number of nitro groups is 1. The third-order valence-corrected chi connectivity index (χ3v) is 5.40. The number of furan rings is 1. The number of hydrogen-bond acceptors (Lipinski definition) is 7. The summed E-state index contributed by atoms with van der Waals surface area (Å²) in [6.45, 7) is 3.38. The standard InChI is InChI=1S/C18H15FN2O7S/c1-3-27-18(22)17-10(2)28-16-7-4-11(8-13(16)17)20-29(25,26)12-5-6-14(19)15(9-12)21(23)24/h4-9,20H,3H2,1-2H3. The molecular weight excluding hydrogens is 407 g/mol. The minimum Gasteiger partial charge on any atom is -0.462 e. The molecule has 0 atom stereocenters. The number of anilines is 1. The first-order valence-electron chi connectivity index (χ1n) is 8.31. The fourth-order valence-electron chi connectivity index (χ4n) is 2.75. The number of carbonyl (C=O) groups is 1. The number of sulfonamides is 1. The summed E-state index contributed by atoms with van der Waals surface area (Å²) in [5.41, 5.74) is -0.361. The molecule has 0 amide bonds. The van der Waals surface area contributed by atoms with Crippen molar-refractivity contribution in [1.29, 1.82) is 0 Å². The van der Waals surface area contributed by atoms with Crippen LogP contribution in [-0.2, 0) is 14.8 Å². The van der Waals surface area contributed by atoms with Crippen molar-refractivity contribution in [2.24, 2.45) is 0 Å². The lowest BCUT2D eigenvalue weighted by Gasteiger charge is -2.08. The summed E-state index contributed by atoms with van der Waals surface area (Å²) in [6, 6.07) is 6.49. The Morgan fingerprint density at radius 3 is 2.66 bits per heavy atom. The zero-order valence-electron chi connectivity index (χ0n) is 15.3. The van der Waals surface area contributed by atoms with Gasteiger partial charge in [0.1, 0.15) is 16.9 Å². The van der Waals surface area contributed by atoms with E-state index in [2.05, 4.69) is 4.72 Å². The van der Waals surface area contributed by atoms with Gasteiger partial charge in [0.25, 0.3) is 10.0 Å². The van der Waals surface area contributed by atoms with Crippen LogP contribution in [0.2, 0.25) is 0 Å². The fraction of sp³-hybridized carbons (Fsp3) is 0.167. The minimum absolute atomic E-state index is 0.0795. The van der Waals surface area contributed by atoms with Crippen LogP contribution in [0.25, 0.3) is 11.0 Å². The number of fused-ring (bicyclic) bond motifs is 1. The van der Waals surface area contributed by atoms with Crippen molar-refractivity contribution >= 4 is 38.3 Å². The van der Waals surface area contributed by atoms with Crippen LogP contribution in [0.5, 0.6) is 0 Å². The van der Waals surface area contributed by atoms with Crippen LogP contribution < -0.4 is 4.72 Å². The number of nitro benzene ring substituents is 1. The predicted octanol–water partition coefficient (Wildman–Crippen LogP) is 3.77. The first-order chi connectivity index (χ1) is 13.6. The zero-order chi connectivity index (χ0) is 21.3. The van der Waals surface area contributed by atoms with Crippen molar-refractivity contribution in [1.82, 2.24) is 0 Å². The number of halogens is 1. The van der Waals surface area contributed by atoms with Crippen LogP contribution in [0.4, 0.5) is 15.8 Å². The van der Waals surface area contributed by atoms with Gasteiger partial charge in [-0.15, -0.1) is 0 Å². The highest BCUT2D eigenvalue weighted by Gasteiger charge is 2.23. The van der Waals surface area contributed by atoms with Gasteiger partial charge in [-0.2, -0.15) is 4.39 Å². The molecule has 1 N–H and O–H groups in total. The Bertz CT molecular complexity index is 1230. The topological polar surface area (TPSA) is 129 Å². The van der Waals surface area contributed by atoms with Gasteiger partial charge in [0.2, 0.25) is 5.82 Å². The van der Waals surface area contributed by atoms with E-state index >= 15 is 0 Å². The maximum atomic E-state index is 13.5. The number of esters is 1. The number of ether oxygens (including phenoxy) is 1. The van der Waals surface area contributed by atoms with Gasteiger partial charge in [0.15, 0.2) is 0 Å². The lowest BCUT2D eigenvalue weighted by molar-refractivity contribution is -0.387. The van der Waals surface area contributed by atoms with E-state index in [1.54, 1.807) is 13.8 Å². The molecule has 1 heterocycles. The van der Waals surface area contributed by atoms with Crippen molar-refractivity contribution in [2.75, 3.05) is 11.3 Å². The molecule has 3 rings (SSSR count). The Hall–Kier alpha value is -3.47. The minimum atomic E-state index is -4.26. The Morgan fingerprint density at radius 1 is 1.28 bits per heavy atom. The average molecular weight is 422 g/mol. The fourth-order valence-corrected chi connectivity index (χ4v) is 3.82. The van der Waals surface area contributed by atoms with E-state index in [9.17, 15) is 27.7 Å². The van der Waals surface area contributed by atoms with E-state index < -0.39 is 37.3 Å². The molecule has 0 saturated carbocycles. The lowest BCUT2D eigenvalue weighted by atomic mass is 10.1. The molecule has 0 bridgehead atoms. The van der Waals surface area contributed by atoms with Crippen LogP contribution in [0.1, 0.15) is 23.0 Å². The normalized spacial score (nSPS) is 11.4. The van der Waals surface area contributed by atoms with Crippen molar-refractivity contribution in [3.05, 3.63) is 63.7 Å². The highest BCUT2D eigenvalue weighted by atomic mass is 32.2. The van der Waals surface area contributed by atoms with Crippen LogP contribution >= 0.6 is 0 Å². The van der Waals surface area contributed by atoms with Gasteiger partial charge in [0, 0.05) is 17.1 Å². The highest BCUT2D eigenvalue weighted by Crippen LogP contribution is 2.30. The number of benzene rings is 2. The number of nitrogens with zero attached hydrogens (tertiary/aromatic N) is 1. The summed E-state index contributed by atoms with van der Waals surface area (Å²) < 4.78 is 51.4. The Morgan fingerprint density at radius 2 is 2.00 bits per heavy atom. The van der Waals surface area contributed by atoms with E-state index in [0.29, 0.717) is 28.9 Å². The SMILES string of the molecule is CCOC(=O)c1c(C)oc2ccc(NS(=O)(=O)c3ccc(F)c([N+](=O)[O-])c3)cc12. The Labute approximate surface area is 164 Å². The summed E-state index contributed by atoms with van der Waals surface area (Å²) in [7, 11) is -4.26. The predicted molar refractivity (Wildman–Crippen MR) is 101 cm³/mol. The van der Waals surface area contributed by atoms with Gasteiger partial charge in [0.05, 0.1) is 16.4 Å². The third kappa shape index (κ3) is 3.90. The number of aryl methyl sites for hydroxylation is 1. The zero-order valence-corrected chi connectivity index (χ0v) is 16.1. The summed E-state index contributed by atoms with van der Waals surface area (Å²) in [5, 5.41) is 11.2. The van der Waals surface area contributed by atoms with E-state index in [1.165, 1.54) is 18.2 Å². The van der Waals surface area contributed by atoms with Crippen molar-refractivity contribution in [2.45, 2.75) is 18.7 Å². The molecule has 152 valence electrons. The van der Waals surface area contributed by atoms with Crippen LogP contribution in [0, 0.1) is 22.9 Å². The van der Waals surface area contributed by atoms with E-state index in [4.69, 9.17) is 9.15 Å². The van der Waals surface area contributed by atoms with Gasteiger partial charge in [-0.3, -0.25) is 14.8 Å². The molecule has 0 aliphatic heterocycles. The summed E-state index contributed by atoms with van der Waals surface area (Å²) in [6.07, 6.45) is 0. The average Bonchev–Trinajstić information content (AvgIpc) is 2.96. The van der Waals surface area contributed by atoms with Crippen LogP contribution in [-0.4, -0.2) is 25.9 Å². The van der Waals surface area contributed by atoms with Gasteiger partial charge in [-0.05, 0) is 44.2 Å². The molecule has 0 spiro atoms. The second-order valence-electron chi connectivity index (χ2n) is 5.94. The summed E-state index contributed by atoms with van der Waals surface area (Å²) in [4.78, 5) is 21.5. The van der Waals surface area contributed by atoms with Crippen molar-refractivity contribution in [3.8, 4) is 0 Å². The maximum absolute atomic E-state index is 13.5. The van der Waals surface area contributed by atoms with Gasteiger partial charge in [-0.1, -0.05) is 0 Å². The molecular formula is C18H15FN2O7S. The quantitative estimate of drug-likeness (QED) is 0.364. The van der Waals surface area contributed by atoms with Crippen LogP contribution in [0.3, 0.4) is 0 Å². The van der Waals surface area contributed by atoms with E-state index in [-0.39, 0.29) is 17.9 Å². The molecule has 9 nitrogen and oxygen atoms in total. The summed E-state index contributed by atoms with van der Waals surface area (Å²) in [5.74, 6) is -1.45. The third-order valence-electron chi connectivity index (χ3n) is 4.02. The molecule has 0 aliphatic rings. The second-order valence-corrected chi connectivity index (χ2v) is 7.62. The van der Waals surface area contributed by atoms with E-state index in [1.807, 2.05) is 0 Å². The number of rotatable bonds is 6. The summed E-state index contributed by atoms with van der Waals surface area (Å²) >= 11 is 0. The van der Waals surface area contributed by atoms with Gasteiger partial charge >= 0.3 is 11.7 Å². The molecule has 0 saturated heterocycles. The molecule has 0 fully saturated rings. The lowest BCUT2D eigenvalue weighted by Crippen LogP contribution is -2.13. The van der Waals surface area contributed by atoms with Gasteiger partial charge in [-0.25, -0.2) is 13.2 Å². The first-order valence-corrected chi connectivity index (χ1v) is 9.79. The van der Waals surface area contributed by atoms with Crippen molar-refractivity contribution in [3.63, 3.8) is 0 Å². The molecule has 2 aromatic carbocycles. The first kappa shape index (κ1) is 20.3. The second kappa shape index (κ2) is 7.51. The molecule has 0 unspecified atom stereocenters. The van der Waals surface area contributed by atoms with Crippen LogP contribution in [0.15, 0.2) is 45.7 Å². The molecule has 3 aromatic rings. The molecule has 11 heteroatoms. The van der Waals surface area contributed by atoms with Gasteiger partial charge < -0.3 is 9.15 Å². The number of nitrogens with one attached hydrogen (secondary N) is 1. The van der Waals surface area contributed by atoms with Crippen molar-refractivity contribution < 1.29 is 31.7 Å². The highest BCUT2D eigenvalue weighted by molar-refractivity contribution is 7.92. The number of hydrogen-bond donors (Lipinski definition) is 1. The Kier molecular flexibility index (Phi) is 5.25. The molecule has 0 radical (unpaired) electrons. The van der Waals surface area contributed by atoms with E-state index in [0.717, 1.165) is 6.07 Å². The smallest absolute Gasteiger partial charge is 0.342 e. The number of carbonyl (C=O) groups excluding carboxylic acids is 1.